The Labute approximate surface area is 139 Å². The van der Waals surface area contributed by atoms with Gasteiger partial charge in [-0.15, -0.1) is 0 Å². The fraction of sp³-hybridized carbons (Fsp3) is 0.357. The third-order valence-electron chi connectivity index (χ3n) is 3.04. The van der Waals surface area contributed by atoms with Gasteiger partial charge in [-0.25, -0.2) is 13.4 Å². The van der Waals surface area contributed by atoms with Crippen molar-refractivity contribution in [1.29, 1.82) is 0 Å². The predicted octanol–water partition coefficient (Wildman–Crippen LogP) is 1.49. The quantitative estimate of drug-likeness (QED) is 0.819. The van der Waals surface area contributed by atoms with E-state index < -0.39 is 9.84 Å². The first-order valence-corrected chi connectivity index (χ1v) is 9.49. The number of thiazole rings is 1. The van der Waals surface area contributed by atoms with Gasteiger partial charge >= 0.3 is 0 Å². The van der Waals surface area contributed by atoms with Crippen LogP contribution in [0.5, 0.6) is 0 Å². The molecule has 0 saturated heterocycles. The van der Waals surface area contributed by atoms with E-state index in [2.05, 4.69) is 10.3 Å². The van der Waals surface area contributed by atoms with Crippen LogP contribution in [0, 0.1) is 6.92 Å². The largest absolute Gasteiger partial charge is 0.356 e. The van der Waals surface area contributed by atoms with Gasteiger partial charge in [0.1, 0.15) is 4.34 Å². The molecule has 2 rings (SSSR count). The number of aromatic nitrogens is 1. The molecule has 0 spiro atoms. The normalized spacial score (nSPS) is 11.9. The molecule has 5 nitrogen and oxygen atoms in total. The minimum absolute atomic E-state index is 0.0808. The third-order valence-corrected chi connectivity index (χ3v) is 6.20. The average molecular weight is 361 g/mol. The highest BCUT2D eigenvalue weighted by molar-refractivity contribution is 7.91. The summed E-state index contributed by atoms with van der Waals surface area (Å²) >= 11 is 7.23. The van der Waals surface area contributed by atoms with Gasteiger partial charge in [0.05, 0.1) is 32.1 Å². The highest BCUT2D eigenvalue weighted by Crippen LogP contribution is 2.34. The highest BCUT2D eigenvalue weighted by Gasteiger charge is 2.25. The Hall–Kier alpha value is -1.15. The van der Waals surface area contributed by atoms with E-state index in [1.54, 1.807) is 24.3 Å². The maximum atomic E-state index is 12.6. The number of nitrogens with zero attached hydrogens (tertiary/aromatic N) is 1. The van der Waals surface area contributed by atoms with Crippen LogP contribution in [0.25, 0.3) is 0 Å². The van der Waals surface area contributed by atoms with Crippen LogP contribution in [0.3, 0.4) is 0 Å². The smallest absolute Gasteiger partial charge is 0.226 e. The van der Waals surface area contributed by atoms with E-state index in [9.17, 15) is 8.42 Å². The van der Waals surface area contributed by atoms with Crippen molar-refractivity contribution in [2.24, 2.45) is 0 Å². The van der Waals surface area contributed by atoms with Crippen LogP contribution >= 0.6 is 22.9 Å². The molecule has 0 aliphatic carbocycles. The molecular weight excluding hydrogens is 342 g/mol. The lowest BCUT2D eigenvalue weighted by Crippen LogP contribution is -3.06. The van der Waals surface area contributed by atoms with Crippen LogP contribution in [0.4, 0.5) is 5.13 Å². The summed E-state index contributed by atoms with van der Waals surface area (Å²) in [5.74, 6) is 0. The molecule has 2 aromatic rings. The van der Waals surface area contributed by atoms with Crippen molar-refractivity contribution >= 4 is 37.9 Å². The first-order chi connectivity index (χ1) is 10.3. The summed E-state index contributed by atoms with van der Waals surface area (Å²) in [7, 11) is 0.406. The van der Waals surface area contributed by atoms with E-state index >= 15 is 0 Å². The first kappa shape index (κ1) is 17.2. The average Bonchev–Trinajstić information content (AvgIpc) is 2.80. The predicted molar refractivity (Wildman–Crippen MR) is 89.9 cm³/mol. The number of anilines is 1. The van der Waals surface area contributed by atoms with Crippen molar-refractivity contribution < 1.29 is 13.3 Å². The summed E-state index contributed by atoms with van der Waals surface area (Å²) in [6.45, 7) is 3.51. The number of aryl methyl sites for hydroxylation is 1. The van der Waals surface area contributed by atoms with Crippen molar-refractivity contribution in [1.82, 2.24) is 4.98 Å². The van der Waals surface area contributed by atoms with Crippen molar-refractivity contribution in [2.75, 3.05) is 32.5 Å². The summed E-state index contributed by atoms with van der Waals surface area (Å²) in [6.07, 6.45) is 0. The maximum absolute atomic E-state index is 12.6. The highest BCUT2D eigenvalue weighted by atomic mass is 35.5. The molecule has 0 radical (unpaired) electrons. The molecule has 0 atom stereocenters. The van der Waals surface area contributed by atoms with Crippen molar-refractivity contribution in [3.05, 3.63) is 34.2 Å². The molecule has 8 heteroatoms. The number of quaternary nitrogens is 1. The molecule has 1 heterocycles. The van der Waals surface area contributed by atoms with Crippen LogP contribution in [0.2, 0.25) is 4.34 Å². The number of hydrogen-bond donors (Lipinski definition) is 2. The van der Waals surface area contributed by atoms with Gasteiger partial charge in [0.15, 0.2) is 10.2 Å². The zero-order chi connectivity index (χ0) is 16.3. The van der Waals surface area contributed by atoms with Gasteiger partial charge in [0.2, 0.25) is 9.84 Å². The van der Waals surface area contributed by atoms with Crippen LogP contribution in [0.1, 0.15) is 5.56 Å². The molecule has 2 N–H and O–H groups in total. The van der Waals surface area contributed by atoms with Gasteiger partial charge in [-0.1, -0.05) is 40.6 Å². The Balaban J connectivity index is 2.24. The Kier molecular flexibility index (Phi) is 5.44. The second-order valence-electron chi connectivity index (χ2n) is 5.30. The zero-order valence-electron chi connectivity index (χ0n) is 12.7. The summed E-state index contributed by atoms with van der Waals surface area (Å²) in [5, 5.41) is 3.55. The van der Waals surface area contributed by atoms with Crippen LogP contribution in [0.15, 0.2) is 34.2 Å². The monoisotopic (exact) mass is 360 g/mol. The van der Waals surface area contributed by atoms with Gasteiger partial charge in [-0.3, -0.25) is 0 Å². The molecule has 0 bridgehead atoms. The lowest BCUT2D eigenvalue weighted by molar-refractivity contribution is -0.856. The summed E-state index contributed by atoms with van der Waals surface area (Å²) < 4.78 is 25.4. The van der Waals surface area contributed by atoms with Crippen molar-refractivity contribution in [3.8, 4) is 0 Å². The number of benzene rings is 1. The number of sulfone groups is 1. The van der Waals surface area contributed by atoms with E-state index in [1.165, 1.54) is 4.90 Å². The number of halogens is 1. The zero-order valence-corrected chi connectivity index (χ0v) is 15.1. The number of nitrogens with one attached hydrogen (secondary N) is 2. The van der Waals surface area contributed by atoms with Crippen LogP contribution in [-0.2, 0) is 9.84 Å². The third kappa shape index (κ3) is 3.98. The molecule has 0 unspecified atom stereocenters. The SMILES string of the molecule is Cc1ccc(S(=O)(=O)c2nc(NCC[NH+](C)C)sc2Cl)cc1. The minimum Gasteiger partial charge on any atom is -0.356 e. The first-order valence-electron chi connectivity index (χ1n) is 6.81. The molecule has 120 valence electrons. The van der Waals surface area contributed by atoms with Crippen LogP contribution < -0.4 is 10.2 Å². The Morgan fingerprint density at radius 2 is 1.91 bits per heavy atom. The molecule has 1 aromatic heterocycles. The number of rotatable bonds is 6. The molecule has 0 aliphatic heterocycles. The van der Waals surface area contributed by atoms with E-state index in [4.69, 9.17) is 11.6 Å². The molecule has 0 saturated carbocycles. The van der Waals surface area contributed by atoms with Crippen molar-refractivity contribution in [3.63, 3.8) is 0 Å². The second-order valence-corrected chi connectivity index (χ2v) is 8.76. The lowest BCUT2D eigenvalue weighted by Gasteiger charge is -2.06. The van der Waals surface area contributed by atoms with Gasteiger partial charge in [0.25, 0.3) is 0 Å². The van der Waals surface area contributed by atoms with E-state index in [1.807, 2.05) is 21.0 Å². The minimum atomic E-state index is -3.68. The number of likely N-dealkylation sites (N-methyl/N-ethyl adjacent to an activating group) is 1. The second kappa shape index (κ2) is 6.95. The lowest BCUT2D eigenvalue weighted by atomic mass is 10.2. The summed E-state index contributed by atoms with van der Waals surface area (Å²) in [6, 6.07) is 6.66. The van der Waals surface area contributed by atoms with Gasteiger partial charge in [-0.2, -0.15) is 0 Å². The fourth-order valence-electron chi connectivity index (χ4n) is 1.78. The van der Waals surface area contributed by atoms with E-state index in [0.29, 0.717) is 11.7 Å². The molecule has 1 aromatic carbocycles. The standard InChI is InChI=1S/C14H18ClN3O2S2/c1-10-4-6-11(7-5-10)22(19,20)13-12(15)21-14(17-13)16-8-9-18(2)3/h4-7H,8-9H2,1-3H3,(H,16,17)/p+1. The molecule has 0 fully saturated rings. The van der Waals surface area contributed by atoms with E-state index in [-0.39, 0.29) is 14.3 Å². The van der Waals surface area contributed by atoms with Gasteiger partial charge in [0, 0.05) is 0 Å². The molecular formula is C14H19ClN3O2S2+. The van der Waals surface area contributed by atoms with Crippen LogP contribution in [-0.4, -0.2) is 40.6 Å². The van der Waals surface area contributed by atoms with Crippen molar-refractivity contribution in [2.45, 2.75) is 16.8 Å². The fourth-order valence-corrected chi connectivity index (χ4v) is 4.61. The molecule has 0 aliphatic rings. The van der Waals surface area contributed by atoms with E-state index in [0.717, 1.165) is 23.4 Å². The van der Waals surface area contributed by atoms with Gasteiger partial charge in [-0.05, 0) is 19.1 Å². The molecule has 0 amide bonds. The summed E-state index contributed by atoms with van der Waals surface area (Å²) in [4.78, 5) is 5.65. The Bertz CT molecular complexity index is 740. The Morgan fingerprint density at radius 1 is 1.27 bits per heavy atom. The molecule has 22 heavy (non-hydrogen) atoms. The summed E-state index contributed by atoms with van der Waals surface area (Å²) in [5.41, 5.74) is 0.997. The topological polar surface area (TPSA) is 63.5 Å². The number of hydrogen-bond acceptors (Lipinski definition) is 5. The van der Waals surface area contributed by atoms with Gasteiger partial charge < -0.3 is 10.2 Å². The Morgan fingerprint density at radius 3 is 2.50 bits per heavy atom. The maximum Gasteiger partial charge on any atom is 0.226 e.